The Balaban J connectivity index is 1.79. The average Bonchev–Trinajstić information content (AvgIpc) is 2.96. The summed E-state index contributed by atoms with van der Waals surface area (Å²) in [7, 11) is 1.62. The molecular weight excluding hydrogens is 392 g/mol. The number of benzene rings is 2. The molecule has 1 saturated heterocycles. The molecular formula is C20H20F4N2O3. The van der Waals surface area contributed by atoms with Crippen molar-refractivity contribution in [2.45, 2.75) is 32.3 Å². The Labute approximate surface area is 165 Å². The van der Waals surface area contributed by atoms with Gasteiger partial charge in [0.2, 0.25) is 0 Å². The van der Waals surface area contributed by atoms with Crippen molar-refractivity contribution >= 4 is 11.7 Å². The predicted molar refractivity (Wildman–Crippen MR) is 98.3 cm³/mol. The largest absolute Gasteiger partial charge is 0.461 e. The number of aryl methyl sites for hydroxylation is 1. The maximum Gasteiger partial charge on any atom is 0.461 e. The van der Waals surface area contributed by atoms with E-state index >= 15 is 0 Å². The molecule has 0 saturated carbocycles. The summed E-state index contributed by atoms with van der Waals surface area (Å²) < 4.78 is 61.2. The van der Waals surface area contributed by atoms with Crippen LogP contribution in [0.25, 0.3) is 0 Å². The fraction of sp³-hybridized carbons (Fsp3) is 0.350. The fourth-order valence-corrected chi connectivity index (χ4v) is 2.96. The Morgan fingerprint density at radius 2 is 1.86 bits per heavy atom. The summed E-state index contributed by atoms with van der Waals surface area (Å²) in [6.45, 7) is 2.03. The first-order valence-electron chi connectivity index (χ1n) is 8.84. The van der Waals surface area contributed by atoms with E-state index in [9.17, 15) is 22.4 Å². The highest BCUT2D eigenvalue weighted by molar-refractivity contribution is 5.94. The summed E-state index contributed by atoms with van der Waals surface area (Å²) in [4.78, 5) is 15.4. The molecule has 9 heteroatoms. The van der Waals surface area contributed by atoms with E-state index in [1.165, 1.54) is 28.9 Å². The molecule has 0 aliphatic carbocycles. The molecule has 2 aromatic carbocycles. The number of nitrogens with zero attached hydrogens (tertiary/aromatic N) is 2. The molecule has 1 unspecified atom stereocenters. The molecule has 1 aliphatic rings. The molecule has 156 valence electrons. The van der Waals surface area contributed by atoms with E-state index in [1.54, 1.807) is 7.05 Å². The smallest absolute Gasteiger partial charge is 0.428 e. The highest BCUT2D eigenvalue weighted by Gasteiger charge is 2.44. The number of urea groups is 1. The average molecular weight is 412 g/mol. The summed E-state index contributed by atoms with van der Waals surface area (Å²) >= 11 is 0. The van der Waals surface area contributed by atoms with Gasteiger partial charge in [0.1, 0.15) is 5.75 Å². The van der Waals surface area contributed by atoms with Gasteiger partial charge in [0.05, 0.1) is 13.2 Å². The number of ether oxygens (including phenoxy) is 2. The SMILES string of the molecule is Cc1cc(N2C(=O)N(C)CC2OCc2ccccc2)ccc1OC(F)(F)C(F)F. The van der Waals surface area contributed by atoms with E-state index in [1.807, 2.05) is 30.3 Å². The zero-order valence-corrected chi connectivity index (χ0v) is 15.8. The molecule has 0 radical (unpaired) electrons. The number of carbonyl (C=O) groups is 1. The monoisotopic (exact) mass is 412 g/mol. The van der Waals surface area contributed by atoms with Crippen molar-refractivity contribution < 1.29 is 31.8 Å². The summed E-state index contributed by atoms with van der Waals surface area (Å²) in [6.07, 6.45) is -9.15. The lowest BCUT2D eigenvalue weighted by Crippen LogP contribution is -2.36. The second kappa shape index (κ2) is 8.28. The van der Waals surface area contributed by atoms with Crippen molar-refractivity contribution in [2.75, 3.05) is 18.5 Å². The number of likely N-dealkylation sites (N-methyl/N-ethyl adjacent to an activating group) is 1. The lowest BCUT2D eigenvalue weighted by molar-refractivity contribution is -0.253. The highest BCUT2D eigenvalue weighted by atomic mass is 19.3. The van der Waals surface area contributed by atoms with Crippen LogP contribution in [0.3, 0.4) is 0 Å². The van der Waals surface area contributed by atoms with E-state index in [0.717, 1.165) is 11.6 Å². The number of carbonyl (C=O) groups excluding carboxylic acids is 1. The van der Waals surface area contributed by atoms with Crippen LogP contribution in [-0.2, 0) is 11.3 Å². The van der Waals surface area contributed by atoms with E-state index in [-0.39, 0.29) is 24.0 Å². The van der Waals surface area contributed by atoms with Crippen LogP contribution in [-0.4, -0.2) is 43.3 Å². The van der Waals surface area contributed by atoms with Crippen LogP contribution in [0.4, 0.5) is 28.0 Å². The summed E-state index contributed by atoms with van der Waals surface area (Å²) in [5.74, 6) is -0.388. The molecule has 0 bridgehead atoms. The van der Waals surface area contributed by atoms with Crippen molar-refractivity contribution in [1.82, 2.24) is 4.90 Å². The molecule has 3 rings (SSSR count). The molecule has 1 fully saturated rings. The molecule has 1 atom stereocenters. The van der Waals surface area contributed by atoms with Gasteiger partial charge in [-0.05, 0) is 36.2 Å². The summed E-state index contributed by atoms with van der Waals surface area (Å²) in [5.41, 5.74) is 1.51. The Hall–Kier alpha value is -2.81. The number of rotatable bonds is 7. The zero-order chi connectivity index (χ0) is 21.2. The van der Waals surface area contributed by atoms with Crippen LogP contribution >= 0.6 is 0 Å². The Morgan fingerprint density at radius 1 is 1.17 bits per heavy atom. The van der Waals surface area contributed by atoms with Crippen molar-refractivity contribution in [3.8, 4) is 5.75 Å². The van der Waals surface area contributed by atoms with Gasteiger partial charge in [-0.25, -0.2) is 4.79 Å². The van der Waals surface area contributed by atoms with Gasteiger partial charge in [0.15, 0.2) is 6.23 Å². The molecule has 2 aromatic rings. The molecule has 1 aliphatic heterocycles. The zero-order valence-electron chi connectivity index (χ0n) is 15.8. The lowest BCUT2D eigenvalue weighted by Gasteiger charge is -2.25. The third-order valence-corrected chi connectivity index (χ3v) is 4.47. The first kappa shape index (κ1) is 20.9. The minimum Gasteiger partial charge on any atom is -0.428 e. The normalized spacial score (nSPS) is 17.3. The molecule has 5 nitrogen and oxygen atoms in total. The van der Waals surface area contributed by atoms with Crippen molar-refractivity contribution in [3.05, 3.63) is 59.7 Å². The number of hydrogen-bond donors (Lipinski definition) is 0. The Morgan fingerprint density at radius 3 is 2.48 bits per heavy atom. The molecule has 1 heterocycles. The number of alkyl halides is 4. The van der Waals surface area contributed by atoms with E-state index < -0.39 is 18.8 Å². The third kappa shape index (κ3) is 4.61. The first-order valence-corrected chi connectivity index (χ1v) is 8.84. The summed E-state index contributed by atoms with van der Waals surface area (Å²) in [5, 5.41) is 0. The Bertz CT molecular complexity index is 864. The van der Waals surface area contributed by atoms with Crippen LogP contribution < -0.4 is 9.64 Å². The van der Waals surface area contributed by atoms with Gasteiger partial charge in [-0.2, -0.15) is 17.6 Å². The molecule has 2 amide bonds. The second-order valence-electron chi connectivity index (χ2n) is 6.70. The Kier molecular flexibility index (Phi) is 5.97. The first-order chi connectivity index (χ1) is 13.7. The molecule has 0 aromatic heterocycles. The number of halogens is 4. The minimum atomic E-state index is -4.60. The number of anilines is 1. The fourth-order valence-electron chi connectivity index (χ4n) is 2.96. The van der Waals surface area contributed by atoms with Gasteiger partial charge in [-0.3, -0.25) is 4.90 Å². The topological polar surface area (TPSA) is 42.0 Å². The maximum absolute atomic E-state index is 13.2. The van der Waals surface area contributed by atoms with Crippen LogP contribution in [0, 0.1) is 6.92 Å². The van der Waals surface area contributed by atoms with Crippen LogP contribution in [0.5, 0.6) is 5.75 Å². The van der Waals surface area contributed by atoms with Gasteiger partial charge in [0, 0.05) is 12.7 Å². The molecule has 29 heavy (non-hydrogen) atoms. The van der Waals surface area contributed by atoms with Crippen LogP contribution in [0.2, 0.25) is 0 Å². The minimum absolute atomic E-state index is 0.187. The highest BCUT2D eigenvalue weighted by Crippen LogP contribution is 2.33. The van der Waals surface area contributed by atoms with Crippen molar-refractivity contribution in [2.24, 2.45) is 0 Å². The predicted octanol–water partition coefficient (Wildman–Crippen LogP) is 4.65. The van der Waals surface area contributed by atoms with Gasteiger partial charge >= 0.3 is 18.6 Å². The number of hydrogen-bond acceptors (Lipinski definition) is 3. The van der Waals surface area contributed by atoms with Crippen molar-refractivity contribution in [3.63, 3.8) is 0 Å². The van der Waals surface area contributed by atoms with Crippen LogP contribution in [0.15, 0.2) is 48.5 Å². The van der Waals surface area contributed by atoms with Gasteiger partial charge in [-0.15, -0.1) is 0 Å². The standard InChI is InChI=1S/C20H20F4N2O3/c1-13-10-15(8-9-16(13)29-20(23,24)18(21)22)26-17(11-25(2)19(26)27)28-12-14-6-4-3-5-7-14/h3-10,17-18H,11-12H2,1-2H3. The molecule has 0 N–H and O–H groups in total. The van der Waals surface area contributed by atoms with E-state index in [2.05, 4.69) is 4.74 Å². The van der Waals surface area contributed by atoms with Gasteiger partial charge < -0.3 is 14.4 Å². The van der Waals surface area contributed by atoms with Crippen LogP contribution in [0.1, 0.15) is 11.1 Å². The molecule has 0 spiro atoms. The maximum atomic E-state index is 13.2. The lowest BCUT2D eigenvalue weighted by atomic mass is 10.2. The number of amides is 2. The van der Waals surface area contributed by atoms with E-state index in [4.69, 9.17) is 4.74 Å². The van der Waals surface area contributed by atoms with Gasteiger partial charge in [-0.1, -0.05) is 30.3 Å². The van der Waals surface area contributed by atoms with E-state index in [0.29, 0.717) is 12.2 Å². The van der Waals surface area contributed by atoms with Crippen molar-refractivity contribution in [1.29, 1.82) is 0 Å². The summed E-state index contributed by atoms with van der Waals surface area (Å²) in [6, 6.07) is 13.0. The van der Waals surface area contributed by atoms with Gasteiger partial charge in [0.25, 0.3) is 0 Å². The quantitative estimate of drug-likeness (QED) is 0.622. The third-order valence-electron chi connectivity index (χ3n) is 4.47. The second-order valence-corrected chi connectivity index (χ2v) is 6.70.